The van der Waals surface area contributed by atoms with Gasteiger partial charge in [-0.25, -0.2) is 4.79 Å². The Kier molecular flexibility index (Phi) is 10.8. The number of nitrogens with one attached hydrogen (secondary N) is 1. The lowest BCUT2D eigenvalue weighted by molar-refractivity contribution is -0.165. The Morgan fingerprint density at radius 3 is 2.00 bits per heavy atom. The SMILES string of the molecule is COc1ccc(C(OC[C@@]2(C=O)O[C@@H](n3cc(C)c(=O)[nH]c3=O)C[C@@H]2O[SiH2]C(C)(C)C(C)C)(c2ccccc2)c2ccc(OC)cc2)cc1. The fourth-order valence-corrected chi connectivity index (χ4v) is 7.36. The van der Waals surface area contributed by atoms with Crippen molar-refractivity contribution < 1.29 is 28.2 Å². The van der Waals surface area contributed by atoms with Gasteiger partial charge in [0.25, 0.3) is 5.56 Å². The third-order valence-corrected chi connectivity index (χ3v) is 12.0. The fraction of sp³-hybridized carbons (Fsp3) is 0.395. The highest BCUT2D eigenvalue weighted by molar-refractivity contribution is 6.32. The average molecular weight is 687 g/mol. The molecule has 49 heavy (non-hydrogen) atoms. The van der Waals surface area contributed by atoms with Crippen molar-refractivity contribution in [2.24, 2.45) is 5.92 Å². The molecular weight excluding hydrogens is 641 g/mol. The zero-order chi connectivity index (χ0) is 35.4. The van der Waals surface area contributed by atoms with Crippen LogP contribution in [0.5, 0.6) is 11.5 Å². The Morgan fingerprint density at radius 1 is 0.939 bits per heavy atom. The molecule has 10 nitrogen and oxygen atoms in total. The second kappa shape index (κ2) is 14.7. The van der Waals surface area contributed by atoms with Crippen LogP contribution < -0.4 is 20.7 Å². The Morgan fingerprint density at radius 2 is 1.49 bits per heavy atom. The van der Waals surface area contributed by atoms with Crippen LogP contribution in [0.25, 0.3) is 0 Å². The van der Waals surface area contributed by atoms with Gasteiger partial charge in [-0.1, -0.05) is 82.3 Å². The van der Waals surface area contributed by atoms with Gasteiger partial charge in [-0.15, -0.1) is 0 Å². The van der Waals surface area contributed by atoms with Gasteiger partial charge < -0.3 is 23.4 Å². The first kappa shape index (κ1) is 36.0. The molecule has 3 aromatic carbocycles. The number of ether oxygens (including phenoxy) is 4. The second-order valence-corrected chi connectivity index (χ2v) is 16.0. The third-order valence-electron chi connectivity index (χ3n) is 9.88. The van der Waals surface area contributed by atoms with Crippen LogP contribution in [-0.4, -0.2) is 58.1 Å². The molecule has 2 heterocycles. The van der Waals surface area contributed by atoms with Gasteiger partial charge in [-0.3, -0.25) is 19.1 Å². The minimum atomic E-state index is -1.59. The lowest BCUT2D eigenvalue weighted by Crippen LogP contribution is -2.50. The number of H-pyrrole nitrogens is 1. The first-order valence-corrected chi connectivity index (χ1v) is 17.7. The summed E-state index contributed by atoms with van der Waals surface area (Å²) in [6.07, 6.45) is 0.807. The van der Waals surface area contributed by atoms with Crippen molar-refractivity contribution in [2.45, 2.75) is 69.6 Å². The van der Waals surface area contributed by atoms with E-state index in [2.05, 4.69) is 32.7 Å². The maximum Gasteiger partial charge on any atom is 0.330 e. The number of aryl methyl sites for hydroxylation is 1. The number of rotatable bonds is 14. The van der Waals surface area contributed by atoms with E-state index in [9.17, 15) is 14.4 Å². The van der Waals surface area contributed by atoms with Crippen molar-refractivity contribution in [3.8, 4) is 11.5 Å². The first-order valence-electron chi connectivity index (χ1n) is 16.5. The molecule has 1 N–H and O–H groups in total. The van der Waals surface area contributed by atoms with Gasteiger partial charge >= 0.3 is 5.69 Å². The van der Waals surface area contributed by atoms with E-state index in [0.29, 0.717) is 23.0 Å². The quantitative estimate of drug-likeness (QED) is 0.111. The molecule has 0 saturated carbocycles. The molecule has 4 aromatic rings. The highest BCUT2D eigenvalue weighted by atomic mass is 28.2. The minimum absolute atomic E-state index is 0.0844. The normalized spacial score (nSPS) is 19.8. The monoisotopic (exact) mass is 686 g/mol. The minimum Gasteiger partial charge on any atom is -0.497 e. The Bertz CT molecular complexity index is 1790. The molecule has 0 bridgehead atoms. The maximum absolute atomic E-state index is 13.4. The number of aldehydes is 1. The number of nitrogens with zero attached hydrogens (tertiary/aromatic N) is 1. The molecule has 0 unspecified atom stereocenters. The Balaban J connectivity index is 1.64. The number of benzene rings is 3. The largest absolute Gasteiger partial charge is 0.497 e. The smallest absolute Gasteiger partial charge is 0.330 e. The average Bonchev–Trinajstić information content (AvgIpc) is 3.48. The topological polar surface area (TPSA) is 118 Å². The number of hydrogen-bond donors (Lipinski definition) is 1. The highest BCUT2D eigenvalue weighted by Gasteiger charge is 2.53. The summed E-state index contributed by atoms with van der Waals surface area (Å²) in [6.45, 7) is 10.0. The summed E-state index contributed by atoms with van der Waals surface area (Å²) in [5.41, 5.74) is -1.17. The van der Waals surface area contributed by atoms with Crippen molar-refractivity contribution in [1.29, 1.82) is 0 Å². The number of hydrogen-bond acceptors (Lipinski definition) is 8. The van der Waals surface area contributed by atoms with Gasteiger partial charge in [0, 0.05) is 18.2 Å². The number of aromatic amines is 1. The molecule has 5 rings (SSSR count). The van der Waals surface area contributed by atoms with E-state index >= 15 is 0 Å². The van der Waals surface area contributed by atoms with Crippen LogP contribution in [0.3, 0.4) is 0 Å². The van der Waals surface area contributed by atoms with E-state index in [-0.39, 0.29) is 18.1 Å². The molecular formula is C38H46N2O8Si. The molecule has 1 aliphatic rings. The zero-order valence-electron chi connectivity index (χ0n) is 29.2. The van der Waals surface area contributed by atoms with Gasteiger partial charge in [0.2, 0.25) is 0 Å². The zero-order valence-corrected chi connectivity index (χ0v) is 30.6. The lowest BCUT2D eigenvalue weighted by atomic mass is 9.79. The van der Waals surface area contributed by atoms with E-state index in [1.54, 1.807) is 21.1 Å². The summed E-state index contributed by atoms with van der Waals surface area (Å²) in [6, 6.07) is 25.0. The number of carbonyl (C=O) groups is 1. The molecule has 0 amide bonds. The Hall–Kier alpha value is -4.29. The van der Waals surface area contributed by atoms with Crippen LogP contribution in [0.2, 0.25) is 5.04 Å². The molecule has 3 atom stereocenters. The third kappa shape index (κ3) is 7.21. The second-order valence-electron chi connectivity index (χ2n) is 13.6. The predicted octanol–water partition coefficient (Wildman–Crippen LogP) is 5.05. The molecule has 11 heteroatoms. The van der Waals surface area contributed by atoms with Crippen molar-refractivity contribution in [2.75, 3.05) is 20.8 Å². The van der Waals surface area contributed by atoms with Gasteiger partial charge in [-0.2, -0.15) is 0 Å². The van der Waals surface area contributed by atoms with Gasteiger partial charge in [0.1, 0.15) is 23.3 Å². The van der Waals surface area contributed by atoms with Gasteiger partial charge in [0.05, 0.1) is 26.9 Å². The predicted molar refractivity (Wildman–Crippen MR) is 190 cm³/mol. The Labute approximate surface area is 289 Å². The maximum atomic E-state index is 13.4. The van der Waals surface area contributed by atoms with Crippen LogP contribution >= 0.6 is 0 Å². The van der Waals surface area contributed by atoms with E-state index < -0.39 is 44.5 Å². The van der Waals surface area contributed by atoms with Gasteiger partial charge in [-0.05, 0) is 58.8 Å². The van der Waals surface area contributed by atoms with E-state index in [1.807, 2.05) is 78.9 Å². The molecule has 0 radical (unpaired) electrons. The fourth-order valence-electron chi connectivity index (χ4n) is 5.98. The van der Waals surface area contributed by atoms with Crippen LogP contribution in [0.15, 0.2) is 94.6 Å². The van der Waals surface area contributed by atoms with Crippen LogP contribution in [-0.2, 0) is 24.3 Å². The molecule has 0 aliphatic carbocycles. The summed E-state index contributed by atoms with van der Waals surface area (Å²) >= 11 is 0. The molecule has 1 aromatic heterocycles. The standard InChI is InChI=1S/C38H46N2O8Si/c1-25(2)36(4,5)49-48-32-21-33(40-22-26(3)34(42)39-35(40)43)47-37(32,23-41)24-46-38(27-11-9-8-10-12-27,28-13-17-30(44-6)18-14-28)29-15-19-31(45-7)20-16-29/h8-20,22-23,25,32-33H,21,24,49H2,1-7H3,(H,39,42,43)/t32-,33+,37+/m0/s1. The highest BCUT2D eigenvalue weighted by Crippen LogP contribution is 2.45. The molecule has 260 valence electrons. The first-order chi connectivity index (χ1) is 23.4. The van der Waals surface area contributed by atoms with Crippen molar-refractivity contribution >= 4 is 16.0 Å². The van der Waals surface area contributed by atoms with Crippen molar-refractivity contribution in [3.63, 3.8) is 0 Å². The summed E-state index contributed by atoms with van der Waals surface area (Å²) in [5.74, 6) is 1.71. The number of carbonyl (C=O) groups excluding carboxylic acids is 1. The van der Waals surface area contributed by atoms with E-state index in [0.717, 1.165) is 23.0 Å². The molecule has 1 fully saturated rings. The number of methoxy groups -OCH3 is 2. The van der Waals surface area contributed by atoms with E-state index in [4.69, 9.17) is 23.4 Å². The lowest BCUT2D eigenvalue weighted by Gasteiger charge is -2.40. The van der Waals surface area contributed by atoms with Crippen LogP contribution in [0.1, 0.15) is 62.6 Å². The molecule has 1 saturated heterocycles. The summed E-state index contributed by atoms with van der Waals surface area (Å²) in [4.78, 5) is 41.0. The summed E-state index contributed by atoms with van der Waals surface area (Å²) < 4.78 is 32.7. The molecule has 1 aliphatic heterocycles. The van der Waals surface area contributed by atoms with Crippen molar-refractivity contribution in [3.05, 3.63) is 128 Å². The van der Waals surface area contributed by atoms with Crippen LogP contribution in [0, 0.1) is 12.8 Å². The summed E-state index contributed by atoms with van der Waals surface area (Å²) in [7, 11) is 2.00. The number of aromatic nitrogens is 2. The van der Waals surface area contributed by atoms with Crippen molar-refractivity contribution in [1.82, 2.24) is 9.55 Å². The van der Waals surface area contributed by atoms with Gasteiger partial charge in [0.15, 0.2) is 21.7 Å². The molecule has 0 spiro atoms. The summed E-state index contributed by atoms with van der Waals surface area (Å²) in [5, 5.41) is -0.0844. The van der Waals surface area contributed by atoms with Crippen LogP contribution in [0.4, 0.5) is 0 Å². The van der Waals surface area contributed by atoms with E-state index in [1.165, 1.54) is 10.8 Å².